The van der Waals surface area contributed by atoms with Crippen LogP contribution in [0.3, 0.4) is 0 Å². The molecule has 0 aromatic carbocycles. The zero-order valence-electron chi connectivity index (χ0n) is 11.1. The average Bonchev–Trinajstić information content (AvgIpc) is 2.81. The lowest BCUT2D eigenvalue weighted by atomic mass is 9.88. The van der Waals surface area contributed by atoms with Gasteiger partial charge < -0.3 is 5.11 Å². The van der Waals surface area contributed by atoms with E-state index in [-0.39, 0.29) is 5.92 Å². The largest absolute Gasteiger partial charge is 0.481 e. The molecule has 1 aliphatic heterocycles. The van der Waals surface area contributed by atoms with Gasteiger partial charge in [0.05, 0.1) is 5.92 Å². The van der Waals surface area contributed by atoms with Crippen LogP contribution in [0.5, 0.6) is 0 Å². The molecule has 1 saturated heterocycles. The van der Waals surface area contributed by atoms with Gasteiger partial charge in [0.25, 0.3) is 0 Å². The van der Waals surface area contributed by atoms with E-state index >= 15 is 0 Å². The first-order chi connectivity index (χ1) is 8.09. The van der Waals surface area contributed by atoms with Gasteiger partial charge in [0.1, 0.15) is 0 Å². The molecule has 17 heavy (non-hydrogen) atoms. The lowest BCUT2D eigenvalue weighted by Crippen LogP contribution is -2.49. The Balaban J connectivity index is 1.91. The third-order valence-corrected chi connectivity index (χ3v) is 4.88. The minimum Gasteiger partial charge on any atom is -0.481 e. The van der Waals surface area contributed by atoms with Crippen molar-refractivity contribution in [3.63, 3.8) is 0 Å². The van der Waals surface area contributed by atoms with Crippen molar-refractivity contribution in [3.8, 4) is 0 Å². The Morgan fingerprint density at radius 2 is 1.94 bits per heavy atom. The first-order valence-corrected chi connectivity index (χ1v) is 7.08. The molecule has 3 heteroatoms. The first kappa shape index (κ1) is 12.9. The highest BCUT2D eigenvalue weighted by atomic mass is 16.4. The molecule has 1 heterocycles. The second-order valence-electron chi connectivity index (χ2n) is 5.93. The van der Waals surface area contributed by atoms with Crippen LogP contribution in [0.25, 0.3) is 0 Å². The van der Waals surface area contributed by atoms with Gasteiger partial charge in [-0.15, -0.1) is 0 Å². The highest BCUT2D eigenvalue weighted by molar-refractivity contribution is 5.70. The summed E-state index contributed by atoms with van der Waals surface area (Å²) in [5, 5.41) is 9.07. The summed E-state index contributed by atoms with van der Waals surface area (Å²) in [7, 11) is 0. The molecule has 2 rings (SSSR count). The fourth-order valence-corrected chi connectivity index (χ4v) is 3.73. The van der Waals surface area contributed by atoms with E-state index in [1.165, 1.54) is 25.7 Å². The maximum atomic E-state index is 11.0. The number of aliphatic carboxylic acids is 1. The van der Waals surface area contributed by atoms with E-state index in [0.29, 0.717) is 12.1 Å². The molecule has 3 nitrogen and oxygen atoms in total. The average molecular weight is 239 g/mol. The predicted molar refractivity (Wildman–Crippen MR) is 67.9 cm³/mol. The second-order valence-corrected chi connectivity index (χ2v) is 5.93. The van der Waals surface area contributed by atoms with E-state index < -0.39 is 5.97 Å². The molecule has 0 bridgehead atoms. The lowest BCUT2D eigenvalue weighted by molar-refractivity contribution is -0.144. The fourth-order valence-electron chi connectivity index (χ4n) is 3.73. The summed E-state index contributed by atoms with van der Waals surface area (Å²) < 4.78 is 0. The molecule has 2 aliphatic rings. The second kappa shape index (κ2) is 5.38. The predicted octanol–water partition coefficient (Wildman–Crippen LogP) is 2.75. The number of carboxylic acids is 1. The molecule has 98 valence electrons. The number of hydrogen-bond acceptors (Lipinski definition) is 2. The van der Waals surface area contributed by atoms with E-state index in [1.807, 2.05) is 0 Å². The quantitative estimate of drug-likeness (QED) is 0.823. The van der Waals surface area contributed by atoms with E-state index in [9.17, 15) is 4.79 Å². The van der Waals surface area contributed by atoms with Crippen molar-refractivity contribution in [2.75, 3.05) is 6.54 Å². The Morgan fingerprint density at radius 1 is 1.29 bits per heavy atom. The van der Waals surface area contributed by atoms with Crippen LogP contribution >= 0.6 is 0 Å². The molecule has 0 spiro atoms. The standard InChI is InChI=1S/C14H25NO2/c1-10-9-13(14(16)17)7-8-15(10)11(2)12-5-3-4-6-12/h10-13H,3-9H2,1-2H3,(H,16,17). The van der Waals surface area contributed by atoms with Gasteiger partial charge in [-0.1, -0.05) is 12.8 Å². The summed E-state index contributed by atoms with van der Waals surface area (Å²) in [5.74, 6) is 0.126. The molecule has 3 atom stereocenters. The van der Waals surface area contributed by atoms with Crippen molar-refractivity contribution in [3.05, 3.63) is 0 Å². The number of rotatable bonds is 3. The fraction of sp³-hybridized carbons (Fsp3) is 0.929. The Morgan fingerprint density at radius 3 is 2.47 bits per heavy atom. The van der Waals surface area contributed by atoms with Crippen molar-refractivity contribution >= 4 is 5.97 Å². The van der Waals surface area contributed by atoms with Gasteiger partial charge >= 0.3 is 5.97 Å². The zero-order chi connectivity index (χ0) is 12.4. The van der Waals surface area contributed by atoms with Gasteiger partial charge in [0.2, 0.25) is 0 Å². The van der Waals surface area contributed by atoms with Crippen LogP contribution in [-0.2, 0) is 4.79 Å². The molecule has 0 aromatic heterocycles. The van der Waals surface area contributed by atoms with Gasteiger partial charge in [-0.2, -0.15) is 0 Å². The topological polar surface area (TPSA) is 40.5 Å². The highest BCUT2D eigenvalue weighted by Crippen LogP contribution is 2.34. The smallest absolute Gasteiger partial charge is 0.306 e. The van der Waals surface area contributed by atoms with Crippen LogP contribution in [0.15, 0.2) is 0 Å². The third kappa shape index (κ3) is 2.82. The lowest BCUT2D eigenvalue weighted by Gasteiger charge is -2.42. The van der Waals surface area contributed by atoms with Crippen molar-refractivity contribution in [2.45, 2.75) is 64.5 Å². The van der Waals surface area contributed by atoms with Gasteiger partial charge in [0.15, 0.2) is 0 Å². The molecular weight excluding hydrogens is 214 g/mol. The van der Waals surface area contributed by atoms with E-state index in [0.717, 1.165) is 25.3 Å². The summed E-state index contributed by atoms with van der Waals surface area (Å²) in [6, 6.07) is 1.07. The van der Waals surface area contributed by atoms with Crippen molar-refractivity contribution in [1.29, 1.82) is 0 Å². The molecule has 0 aromatic rings. The van der Waals surface area contributed by atoms with E-state index in [1.54, 1.807) is 0 Å². The van der Waals surface area contributed by atoms with Crippen LogP contribution in [0.4, 0.5) is 0 Å². The summed E-state index contributed by atoms with van der Waals surface area (Å²) in [4.78, 5) is 13.6. The number of likely N-dealkylation sites (tertiary alicyclic amines) is 1. The molecule has 1 saturated carbocycles. The molecule has 0 radical (unpaired) electrons. The number of piperidine rings is 1. The Hall–Kier alpha value is -0.570. The molecule has 2 fully saturated rings. The van der Waals surface area contributed by atoms with Crippen LogP contribution in [0.1, 0.15) is 52.4 Å². The maximum absolute atomic E-state index is 11.0. The van der Waals surface area contributed by atoms with Gasteiger partial charge in [-0.25, -0.2) is 0 Å². The Labute approximate surface area is 104 Å². The van der Waals surface area contributed by atoms with Gasteiger partial charge in [0, 0.05) is 12.1 Å². The maximum Gasteiger partial charge on any atom is 0.306 e. The van der Waals surface area contributed by atoms with Gasteiger partial charge in [-0.3, -0.25) is 9.69 Å². The Bertz CT molecular complexity index is 273. The van der Waals surface area contributed by atoms with Crippen molar-refractivity contribution in [2.24, 2.45) is 11.8 Å². The molecule has 3 unspecified atom stereocenters. The van der Waals surface area contributed by atoms with E-state index in [2.05, 4.69) is 18.7 Å². The zero-order valence-corrected chi connectivity index (χ0v) is 11.1. The molecular formula is C14H25NO2. The normalized spacial score (nSPS) is 33.8. The molecule has 1 N–H and O–H groups in total. The number of hydrogen-bond donors (Lipinski definition) is 1. The highest BCUT2D eigenvalue weighted by Gasteiger charge is 2.35. The van der Waals surface area contributed by atoms with Crippen LogP contribution < -0.4 is 0 Å². The Kier molecular flexibility index (Phi) is 4.08. The van der Waals surface area contributed by atoms with Crippen LogP contribution in [0.2, 0.25) is 0 Å². The number of carboxylic acid groups (broad SMARTS) is 1. The minimum absolute atomic E-state index is 0.114. The van der Waals surface area contributed by atoms with Crippen molar-refractivity contribution < 1.29 is 9.90 Å². The molecule has 1 aliphatic carbocycles. The number of nitrogens with zero attached hydrogens (tertiary/aromatic N) is 1. The monoisotopic (exact) mass is 239 g/mol. The third-order valence-electron chi connectivity index (χ3n) is 4.88. The summed E-state index contributed by atoms with van der Waals surface area (Å²) in [5.41, 5.74) is 0. The minimum atomic E-state index is -0.606. The SMILES string of the molecule is CC1CC(C(=O)O)CCN1C(C)C1CCCC1. The summed E-state index contributed by atoms with van der Waals surface area (Å²) in [6.45, 7) is 5.50. The first-order valence-electron chi connectivity index (χ1n) is 7.08. The van der Waals surface area contributed by atoms with Gasteiger partial charge in [-0.05, 0) is 52.0 Å². The summed E-state index contributed by atoms with van der Waals surface area (Å²) >= 11 is 0. The van der Waals surface area contributed by atoms with Crippen LogP contribution in [0, 0.1) is 11.8 Å². The van der Waals surface area contributed by atoms with Crippen molar-refractivity contribution in [1.82, 2.24) is 4.90 Å². The number of carbonyl (C=O) groups is 1. The summed E-state index contributed by atoms with van der Waals surface area (Å²) in [6.07, 6.45) is 7.16. The molecule has 0 amide bonds. The van der Waals surface area contributed by atoms with E-state index in [4.69, 9.17) is 5.11 Å². The van der Waals surface area contributed by atoms with Crippen LogP contribution in [-0.4, -0.2) is 34.6 Å².